The Hall–Kier alpha value is -6.83. The third-order valence-electron chi connectivity index (χ3n) is 7.47. The van der Waals surface area contributed by atoms with Crippen LogP contribution in [0.5, 0.6) is 0 Å². The molecule has 0 atom stereocenters. The summed E-state index contributed by atoms with van der Waals surface area (Å²) in [5, 5.41) is 16.0. The normalized spacial score (nSPS) is 10.7. The first-order chi connectivity index (χ1) is 23.7. The highest BCUT2D eigenvalue weighted by Crippen LogP contribution is 2.19. The number of aromatic nitrogens is 5. The topological polar surface area (TPSA) is 177 Å². The van der Waals surface area contributed by atoms with Gasteiger partial charge in [-0.25, -0.2) is 9.97 Å². The molecule has 0 unspecified atom stereocenters. The Balaban J connectivity index is 1.01. The molecule has 4 amide bonds. The van der Waals surface area contributed by atoms with Gasteiger partial charge < -0.3 is 35.7 Å². The first-order valence-electron chi connectivity index (χ1n) is 15.3. The molecule has 6 aromatic rings. The first-order valence-corrected chi connectivity index (χ1v) is 15.3. The van der Waals surface area contributed by atoms with E-state index in [1.54, 1.807) is 79.8 Å². The Morgan fingerprint density at radius 1 is 0.653 bits per heavy atom. The molecule has 0 aliphatic heterocycles. The van der Waals surface area contributed by atoms with Gasteiger partial charge in [0.2, 0.25) is 5.82 Å². The lowest BCUT2D eigenvalue weighted by Crippen LogP contribution is -2.30. The molecule has 0 spiro atoms. The minimum Gasteiger partial charge on any atom is -0.368 e. The van der Waals surface area contributed by atoms with Crippen molar-refractivity contribution in [1.29, 1.82) is 0 Å². The summed E-state index contributed by atoms with van der Waals surface area (Å²) in [6, 6.07) is 22.7. The molecule has 246 valence electrons. The summed E-state index contributed by atoms with van der Waals surface area (Å²) in [6.45, 7) is 0.820. The fraction of sp³-hybridized carbons (Fsp3) is 0.114. The van der Waals surface area contributed by atoms with Crippen LogP contribution in [-0.4, -0.2) is 60.8 Å². The monoisotopic (exact) mass is 656 g/mol. The molecule has 2 aromatic carbocycles. The van der Waals surface area contributed by atoms with Crippen LogP contribution < -0.4 is 26.6 Å². The second kappa shape index (κ2) is 14.3. The number of pyridine rings is 2. The van der Waals surface area contributed by atoms with Gasteiger partial charge in [0.25, 0.3) is 23.6 Å². The van der Waals surface area contributed by atoms with Crippen molar-refractivity contribution in [3.8, 4) is 0 Å². The van der Waals surface area contributed by atoms with E-state index in [0.717, 1.165) is 10.8 Å². The number of benzene rings is 2. The molecule has 6 rings (SSSR count). The predicted octanol–water partition coefficient (Wildman–Crippen LogP) is 4.30. The van der Waals surface area contributed by atoms with Crippen molar-refractivity contribution in [3.05, 3.63) is 126 Å². The Morgan fingerprint density at radius 2 is 1.41 bits per heavy atom. The van der Waals surface area contributed by atoms with Gasteiger partial charge >= 0.3 is 0 Å². The van der Waals surface area contributed by atoms with Gasteiger partial charge in [0.05, 0.1) is 5.69 Å². The van der Waals surface area contributed by atoms with Crippen molar-refractivity contribution < 1.29 is 19.2 Å². The Bertz CT molecular complexity index is 2160. The van der Waals surface area contributed by atoms with Crippen molar-refractivity contribution in [2.45, 2.75) is 0 Å². The highest BCUT2D eigenvalue weighted by atomic mass is 16.2. The third kappa shape index (κ3) is 7.77. The Labute approximate surface area is 280 Å². The zero-order valence-electron chi connectivity index (χ0n) is 26.6. The smallest absolute Gasteiger partial charge is 0.287 e. The molecule has 49 heavy (non-hydrogen) atoms. The number of carbonyl (C=O) groups excluding carboxylic acids is 4. The number of amides is 4. The van der Waals surface area contributed by atoms with Crippen molar-refractivity contribution in [2.75, 3.05) is 34.4 Å². The van der Waals surface area contributed by atoms with E-state index in [2.05, 4.69) is 41.5 Å². The standard InChI is InChI=1S/C35H32N10O4/c1-44-20-26(41-33(47)27-17-23-7-3-4-8-24(23)19-39-27)18-28(44)34(48)40-25-12-10-22(11-13-25)32(46)43-30-21-45(2)31(42-30)35(49)38-16-15-37-29-9-5-6-14-36-29/h3-14,17-21H,15-16H2,1-2H3,(H,36,37)(H,38,49)(H,40,48)(H,41,47)(H,43,46). The molecule has 0 saturated carbocycles. The minimum absolute atomic E-state index is 0.139. The lowest BCUT2D eigenvalue weighted by atomic mass is 10.1. The molecule has 0 bridgehead atoms. The second-order valence-corrected chi connectivity index (χ2v) is 11.0. The van der Waals surface area contributed by atoms with Crippen LogP contribution in [0.25, 0.3) is 10.8 Å². The van der Waals surface area contributed by atoms with Crippen LogP contribution >= 0.6 is 0 Å². The number of hydrogen-bond acceptors (Lipinski definition) is 8. The van der Waals surface area contributed by atoms with Gasteiger partial charge in [-0.3, -0.25) is 24.2 Å². The van der Waals surface area contributed by atoms with E-state index in [-0.39, 0.29) is 23.2 Å². The van der Waals surface area contributed by atoms with Gasteiger partial charge in [0.15, 0.2) is 5.82 Å². The molecule has 5 N–H and O–H groups in total. The fourth-order valence-corrected chi connectivity index (χ4v) is 5.00. The van der Waals surface area contributed by atoms with Crippen molar-refractivity contribution >= 4 is 57.4 Å². The SMILES string of the molecule is Cn1cc(NC(=O)c2cc3ccccc3cn2)cc1C(=O)Nc1ccc(C(=O)Nc2cn(C)c(C(=O)NCCNc3ccccn3)n2)cc1. The zero-order chi connectivity index (χ0) is 34.3. The molecule has 14 nitrogen and oxygen atoms in total. The number of hydrogen-bond donors (Lipinski definition) is 5. The molecule has 0 saturated heterocycles. The Kier molecular flexibility index (Phi) is 9.37. The van der Waals surface area contributed by atoms with E-state index in [0.29, 0.717) is 41.5 Å². The number of imidazole rings is 1. The van der Waals surface area contributed by atoms with Crippen LogP contribution in [0.1, 0.15) is 42.0 Å². The third-order valence-corrected chi connectivity index (χ3v) is 7.47. The molecular formula is C35H32N10O4. The fourth-order valence-electron chi connectivity index (χ4n) is 5.00. The average molecular weight is 657 g/mol. The number of carbonyl (C=O) groups is 4. The van der Waals surface area contributed by atoms with Crippen molar-refractivity contribution in [3.63, 3.8) is 0 Å². The maximum absolute atomic E-state index is 13.1. The molecule has 0 aliphatic rings. The lowest BCUT2D eigenvalue weighted by Gasteiger charge is -2.07. The van der Waals surface area contributed by atoms with E-state index in [1.807, 2.05) is 42.5 Å². The molecule has 0 radical (unpaired) electrons. The average Bonchev–Trinajstić information content (AvgIpc) is 3.67. The highest BCUT2D eigenvalue weighted by molar-refractivity contribution is 6.08. The molecule has 14 heteroatoms. The maximum atomic E-state index is 13.1. The van der Waals surface area contributed by atoms with Crippen molar-refractivity contribution in [2.24, 2.45) is 14.1 Å². The van der Waals surface area contributed by atoms with Crippen LogP contribution in [0.3, 0.4) is 0 Å². The number of anilines is 4. The summed E-state index contributed by atoms with van der Waals surface area (Å²) in [5.41, 5.74) is 1.78. The quantitative estimate of drug-likeness (QED) is 0.128. The number of fused-ring (bicyclic) bond motifs is 1. The summed E-state index contributed by atoms with van der Waals surface area (Å²) < 4.78 is 3.12. The molecular weight excluding hydrogens is 624 g/mol. The summed E-state index contributed by atoms with van der Waals surface area (Å²) in [4.78, 5) is 64.1. The number of nitrogens with zero attached hydrogens (tertiary/aromatic N) is 5. The molecule has 0 aliphatic carbocycles. The van der Waals surface area contributed by atoms with Gasteiger partial charge in [0, 0.05) is 68.6 Å². The van der Waals surface area contributed by atoms with E-state index >= 15 is 0 Å². The zero-order valence-corrected chi connectivity index (χ0v) is 26.6. The summed E-state index contributed by atoms with van der Waals surface area (Å²) in [6.07, 6.45) is 6.50. The minimum atomic E-state index is -0.439. The van der Waals surface area contributed by atoms with E-state index < -0.39 is 17.7 Å². The molecule has 4 heterocycles. The largest absolute Gasteiger partial charge is 0.368 e. The lowest BCUT2D eigenvalue weighted by molar-refractivity contribution is 0.0939. The van der Waals surface area contributed by atoms with Gasteiger partial charge in [-0.1, -0.05) is 30.3 Å². The van der Waals surface area contributed by atoms with Crippen LogP contribution in [0.2, 0.25) is 0 Å². The number of nitrogens with one attached hydrogen (secondary N) is 5. The summed E-state index contributed by atoms with van der Waals surface area (Å²) in [7, 11) is 3.35. The maximum Gasteiger partial charge on any atom is 0.287 e. The first kappa shape index (κ1) is 32.1. The van der Waals surface area contributed by atoms with Crippen molar-refractivity contribution in [1.82, 2.24) is 29.4 Å². The summed E-state index contributed by atoms with van der Waals surface area (Å²) in [5.74, 6) is -0.572. The second-order valence-electron chi connectivity index (χ2n) is 11.0. The van der Waals surface area contributed by atoms with Crippen LogP contribution in [-0.2, 0) is 14.1 Å². The van der Waals surface area contributed by atoms with Gasteiger partial charge in [-0.15, -0.1) is 0 Å². The highest BCUT2D eigenvalue weighted by Gasteiger charge is 2.18. The van der Waals surface area contributed by atoms with Gasteiger partial charge in [-0.05, 0) is 53.9 Å². The van der Waals surface area contributed by atoms with E-state index in [4.69, 9.17) is 0 Å². The van der Waals surface area contributed by atoms with Crippen LogP contribution in [0, 0.1) is 0 Å². The van der Waals surface area contributed by atoms with Gasteiger partial charge in [-0.2, -0.15) is 0 Å². The van der Waals surface area contributed by atoms with Crippen LogP contribution in [0.15, 0.2) is 104 Å². The van der Waals surface area contributed by atoms with Gasteiger partial charge in [0.1, 0.15) is 17.2 Å². The summed E-state index contributed by atoms with van der Waals surface area (Å²) >= 11 is 0. The predicted molar refractivity (Wildman–Crippen MR) is 186 cm³/mol. The Morgan fingerprint density at radius 3 is 2.18 bits per heavy atom. The number of aryl methyl sites for hydroxylation is 2. The molecule has 0 fully saturated rings. The van der Waals surface area contributed by atoms with E-state index in [1.165, 1.54) is 4.57 Å². The van der Waals surface area contributed by atoms with E-state index in [9.17, 15) is 19.2 Å². The molecule has 4 aromatic heterocycles. The van der Waals surface area contributed by atoms with Crippen LogP contribution in [0.4, 0.5) is 23.0 Å². The number of rotatable bonds is 11.